The normalized spacial score (nSPS) is 45.6. The fourth-order valence-corrected chi connectivity index (χ4v) is 10.2. The molecule has 3 aliphatic carbocycles. The molecule has 1 spiro atoms. The molecule has 6 N–H and O–H groups in total. The molecule has 300 valence electrons. The first-order valence-electron chi connectivity index (χ1n) is 17.8. The van der Waals surface area contributed by atoms with Crippen LogP contribution in [0, 0.1) is 34.5 Å². The Morgan fingerprint density at radius 2 is 1.69 bits per heavy atom. The monoisotopic (exact) mass is 768 g/mol. The Hall–Kier alpha value is -3.49. The van der Waals surface area contributed by atoms with Gasteiger partial charge in [0.1, 0.15) is 42.2 Å². The Bertz CT molecular complexity index is 1650. The zero-order valence-corrected chi connectivity index (χ0v) is 30.9. The van der Waals surface area contributed by atoms with E-state index in [1.54, 1.807) is 6.92 Å². The standard InChI is InChI=1S/C36H48O18/c1-13-8-17(50-31-23(42)22(41)21(40)18(11-37)51-31)28(44)34(6)16(13)10-19-35-12-49-36(32(47)48-7,29(45)24(43)26(34)35)27(35)25(30(46)52-19)53-20(39)9-14(2)33(4,5)54-15(3)38/h8-9,13,16,18-19,21-27,29,31,37,40-43,45H,10-12H2,1-7H3/b14-9+/t13-,16+,18-,19-,21-,22+,23-,24-,25-,26-,27-,29+,31-,34+,35-,36-/m1/s1. The number of ketones is 1. The first-order valence-corrected chi connectivity index (χ1v) is 17.8. The minimum Gasteiger partial charge on any atom is -0.467 e. The van der Waals surface area contributed by atoms with Crippen molar-refractivity contribution in [3.05, 3.63) is 23.5 Å². The maximum atomic E-state index is 14.8. The Labute approximate surface area is 309 Å². The third kappa shape index (κ3) is 5.55. The molecule has 18 heteroatoms. The number of hydrogen-bond donors (Lipinski definition) is 6. The summed E-state index contributed by atoms with van der Waals surface area (Å²) in [5, 5.41) is 65.1. The molecular weight excluding hydrogens is 720 g/mol. The predicted octanol–water partition coefficient (Wildman–Crippen LogP) is -2.05. The summed E-state index contributed by atoms with van der Waals surface area (Å²) in [4.78, 5) is 67.7. The van der Waals surface area contributed by atoms with Crippen LogP contribution in [0.5, 0.6) is 0 Å². The number of Topliss-reactive ketones (excluding diaryl/α,β-unsaturated/α-hetero) is 1. The van der Waals surface area contributed by atoms with Crippen molar-refractivity contribution in [2.24, 2.45) is 34.5 Å². The molecule has 0 amide bonds. The van der Waals surface area contributed by atoms with Crippen LogP contribution in [0.15, 0.2) is 23.5 Å². The molecule has 3 heterocycles. The van der Waals surface area contributed by atoms with Crippen LogP contribution in [0.25, 0.3) is 0 Å². The molecular formula is C36H48O18. The Balaban J connectivity index is 1.43. The second kappa shape index (κ2) is 13.6. The maximum Gasteiger partial charge on any atom is 0.348 e. The number of esters is 4. The van der Waals surface area contributed by atoms with E-state index in [9.17, 15) is 54.6 Å². The average Bonchev–Trinajstić information content (AvgIpc) is 3.41. The Morgan fingerprint density at radius 1 is 1.02 bits per heavy atom. The molecule has 0 aromatic rings. The highest BCUT2D eigenvalue weighted by atomic mass is 16.7. The SMILES string of the molecule is COC(=O)[C@]12OC[C@]34[C@H]([C@@H](O)[C@@H]1O)[C@@]1(C)C(=O)C(O[C@@H]5O[C@H](CO)[C@@H](O)[C@H](O)[C@H]5O)=C[C@@H](C)[C@@H]1C[C@H]3OC(=O)[C@H](OC(=O)/C=C(\C)C(C)(C)OC(C)=O)[C@@H]24. The van der Waals surface area contributed by atoms with Gasteiger partial charge >= 0.3 is 23.9 Å². The number of allylic oxidation sites excluding steroid dienone is 2. The van der Waals surface area contributed by atoms with E-state index in [4.69, 9.17) is 33.2 Å². The van der Waals surface area contributed by atoms with Crippen LogP contribution in [-0.2, 0) is 57.1 Å². The molecule has 0 aromatic heterocycles. The summed E-state index contributed by atoms with van der Waals surface area (Å²) >= 11 is 0. The van der Waals surface area contributed by atoms with Crippen molar-refractivity contribution >= 4 is 29.7 Å². The van der Waals surface area contributed by atoms with Gasteiger partial charge in [-0.1, -0.05) is 13.8 Å². The van der Waals surface area contributed by atoms with Crippen molar-refractivity contribution in [1.82, 2.24) is 0 Å². The molecule has 0 radical (unpaired) electrons. The van der Waals surface area contributed by atoms with Crippen molar-refractivity contribution in [2.75, 3.05) is 20.3 Å². The fraction of sp³-hybridized carbons (Fsp3) is 0.750. The van der Waals surface area contributed by atoms with Crippen molar-refractivity contribution in [2.45, 2.75) is 114 Å². The van der Waals surface area contributed by atoms with Gasteiger partial charge in [-0.05, 0) is 50.7 Å². The summed E-state index contributed by atoms with van der Waals surface area (Å²) in [6.07, 6.45) is -13.1. The number of fused-ring (bicyclic) bond motifs is 2. The van der Waals surface area contributed by atoms with Crippen molar-refractivity contribution in [3.63, 3.8) is 0 Å². The van der Waals surface area contributed by atoms with Crippen LogP contribution in [0.1, 0.15) is 48.0 Å². The minimum atomic E-state index is -2.47. The van der Waals surface area contributed by atoms with Crippen molar-refractivity contribution in [3.8, 4) is 0 Å². The van der Waals surface area contributed by atoms with Crippen LogP contribution >= 0.6 is 0 Å². The van der Waals surface area contributed by atoms with Gasteiger partial charge in [0.05, 0.1) is 32.3 Å². The quantitative estimate of drug-likeness (QED) is 0.0881. The van der Waals surface area contributed by atoms with Gasteiger partial charge in [0, 0.05) is 29.7 Å². The molecule has 0 aromatic carbocycles. The third-order valence-corrected chi connectivity index (χ3v) is 12.8. The first-order chi connectivity index (χ1) is 25.1. The van der Waals surface area contributed by atoms with Crippen LogP contribution in [0.2, 0.25) is 0 Å². The van der Waals surface area contributed by atoms with Gasteiger partial charge in [-0.25, -0.2) is 14.4 Å². The van der Waals surface area contributed by atoms with Gasteiger partial charge in [-0.2, -0.15) is 0 Å². The molecule has 3 aliphatic heterocycles. The summed E-state index contributed by atoms with van der Waals surface area (Å²) in [5.74, 6) is -9.23. The smallest absolute Gasteiger partial charge is 0.348 e. The number of carbonyl (C=O) groups excluding carboxylic acids is 5. The number of rotatable bonds is 8. The van der Waals surface area contributed by atoms with Gasteiger partial charge in [-0.3, -0.25) is 9.59 Å². The maximum absolute atomic E-state index is 14.8. The number of carbonyl (C=O) groups is 5. The zero-order chi connectivity index (χ0) is 40.0. The number of ether oxygens (including phenoxy) is 7. The highest BCUT2D eigenvalue weighted by Crippen LogP contribution is 2.72. The summed E-state index contributed by atoms with van der Waals surface area (Å²) in [7, 11) is 1.01. The van der Waals surface area contributed by atoms with E-state index in [1.165, 1.54) is 40.7 Å². The van der Waals surface area contributed by atoms with E-state index in [2.05, 4.69) is 0 Å². The van der Waals surface area contributed by atoms with E-state index in [0.29, 0.717) is 0 Å². The minimum absolute atomic E-state index is 0.00828. The molecule has 2 bridgehead atoms. The van der Waals surface area contributed by atoms with Gasteiger partial charge in [0.15, 0.2) is 5.76 Å². The summed E-state index contributed by atoms with van der Waals surface area (Å²) in [6.45, 7) is 7.80. The summed E-state index contributed by atoms with van der Waals surface area (Å²) in [6, 6.07) is 0. The number of aliphatic hydroxyl groups excluding tert-OH is 6. The second-order valence-electron chi connectivity index (χ2n) is 16.0. The van der Waals surface area contributed by atoms with E-state index >= 15 is 0 Å². The zero-order valence-electron chi connectivity index (χ0n) is 30.9. The van der Waals surface area contributed by atoms with Crippen LogP contribution < -0.4 is 0 Å². The highest BCUT2D eigenvalue weighted by molar-refractivity contribution is 6.00. The predicted molar refractivity (Wildman–Crippen MR) is 175 cm³/mol. The Morgan fingerprint density at radius 3 is 2.30 bits per heavy atom. The van der Waals surface area contributed by atoms with E-state index < -0.39 is 144 Å². The lowest BCUT2D eigenvalue weighted by Crippen LogP contribution is -2.80. The molecule has 6 rings (SSSR count). The molecule has 18 nitrogen and oxygen atoms in total. The lowest BCUT2D eigenvalue weighted by atomic mass is 9.37. The average molecular weight is 769 g/mol. The molecule has 5 fully saturated rings. The molecule has 6 aliphatic rings. The van der Waals surface area contributed by atoms with Gasteiger partial charge < -0.3 is 63.8 Å². The molecule has 16 atom stereocenters. The largest absolute Gasteiger partial charge is 0.467 e. The molecule has 2 saturated carbocycles. The van der Waals surface area contributed by atoms with Crippen molar-refractivity contribution in [1.29, 1.82) is 0 Å². The number of hydrogen-bond acceptors (Lipinski definition) is 18. The topological polar surface area (TPSA) is 271 Å². The fourth-order valence-electron chi connectivity index (χ4n) is 10.2. The van der Waals surface area contributed by atoms with Crippen LogP contribution in [0.3, 0.4) is 0 Å². The first kappa shape index (κ1) is 40.2. The van der Waals surface area contributed by atoms with E-state index in [-0.39, 0.29) is 17.8 Å². The highest BCUT2D eigenvalue weighted by Gasteiger charge is 2.86. The van der Waals surface area contributed by atoms with E-state index in [1.807, 2.05) is 0 Å². The molecule has 0 unspecified atom stereocenters. The third-order valence-electron chi connectivity index (χ3n) is 12.8. The lowest BCUT2D eigenvalue weighted by Gasteiger charge is -2.67. The second-order valence-corrected chi connectivity index (χ2v) is 16.0. The Kier molecular flexibility index (Phi) is 10.1. The molecule has 3 saturated heterocycles. The number of aliphatic hydroxyl groups is 6. The summed E-state index contributed by atoms with van der Waals surface area (Å²) in [5.41, 5.74) is -6.85. The van der Waals surface area contributed by atoms with Gasteiger partial charge in [0.25, 0.3) is 0 Å². The van der Waals surface area contributed by atoms with Crippen molar-refractivity contribution < 1.29 is 87.8 Å². The van der Waals surface area contributed by atoms with Crippen LogP contribution in [0.4, 0.5) is 0 Å². The lowest BCUT2D eigenvalue weighted by molar-refractivity contribution is -0.297. The van der Waals surface area contributed by atoms with Gasteiger partial charge in [-0.15, -0.1) is 0 Å². The van der Waals surface area contributed by atoms with E-state index in [0.717, 1.165) is 13.2 Å². The summed E-state index contributed by atoms with van der Waals surface area (Å²) < 4.78 is 39.6. The number of methoxy groups -OCH3 is 1. The van der Waals surface area contributed by atoms with Crippen LogP contribution in [-0.4, -0.2) is 147 Å². The molecule has 54 heavy (non-hydrogen) atoms. The van der Waals surface area contributed by atoms with Gasteiger partial charge in [0.2, 0.25) is 23.8 Å².